The van der Waals surface area contributed by atoms with Crippen LogP contribution in [0.25, 0.3) is 16.6 Å². The summed E-state index contributed by atoms with van der Waals surface area (Å²) in [4.78, 5) is 19.3. The fourth-order valence-corrected chi connectivity index (χ4v) is 4.28. The molecule has 0 saturated heterocycles. The van der Waals surface area contributed by atoms with E-state index in [4.69, 9.17) is 14.2 Å². The standard InChI is InChI=1S/C25H30N4O4/c1-5-29-20-9-7-6-8-19(20)27-23(29)16-26-25(30)28-12-10-17(11-13-28)24-21(32-3)14-18(31-2)15-22(24)33-4/h6-10,14-15H,5,11-13,16H2,1-4H3,(H,26,30). The van der Waals surface area contributed by atoms with E-state index < -0.39 is 0 Å². The average Bonchev–Trinajstić information content (AvgIpc) is 3.23. The van der Waals surface area contributed by atoms with E-state index in [1.807, 2.05) is 30.3 Å². The van der Waals surface area contributed by atoms with Crippen molar-refractivity contribution in [1.29, 1.82) is 0 Å². The second kappa shape index (κ2) is 9.85. The third-order valence-corrected chi connectivity index (χ3v) is 5.98. The molecule has 8 heteroatoms. The molecule has 8 nitrogen and oxygen atoms in total. The van der Waals surface area contributed by atoms with Crippen molar-refractivity contribution in [1.82, 2.24) is 19.8 Å². The number of para-hydroxylation sites is 2. The van der Waals surface area contributed by atoms with Gasteiger partial charge in [0.2, 0.25) is 0 Å². The van der Waals surface area contributed by atoms with Crippen LogP contribution >= 0.6 is 0 Å². The number of carbonyl (C=O) groups is 1. The second-order valence-corrected chi connectivity index (χ2v) is 7.75. The Morgan fingerprint density at radius 3 is 2.42 bits per heavy atom. The van der Waals surface area contributed by atoms with Crippen LogP contribution in [-0.4, -0.2) is 54.9 Å². The van der Waals surface area contributed by atoms with E-state index in [2.05, 4.69) is 33.9 Å². The van der Waals surface area contributed by atoms with Crippen LogP contribution in [0.15, 0.2) is 42.5 Å². The third kappa shape index (κ3) is 4.46. The lowest BCUT2D eigenvalue weighted by molar-refractivity contribution is 0.202. The molecular weight excluding hydrogens is 420 g/mol. The van der Waals surface area contributed by atoms with Crippen molar-refractivity contribution in [2.24, 2.45) is 0 Å². The Hall–Kier alpha value is -3.68. The van der Waals surface area contributed by atoms with Crippen LogP contribution in [0.4, 0.5) is 4.79 Å². The fourth-order valence-electron chi connectivity index (χ4n) is 4.28. The minimum absolute atomic E-state index is 0.103. The van der Waals surface area contributed by atoms with Gasteiger partial charge in [-0.15, -0.1) is 0 Å². The molecule has 0 atom stereocenters. The number of rotatable bonds is 7. The zero-order valence-corrected chi connectivity index (χ0v) is 19.6. The van der Waals surface area contributed by atoms with Gasteiger partial charge in [-0.25, -0.2) is 9.78 Å². The fraction of sp³-hybridized carbons (Fsp3) is 0.360. The van der Waals surface area contributed by atoms with Gasteiger partial charge in [0, 0.05) is 31.8 Å². The number of methoxy groups -OCH3 is 3. The molecule has 1 aromatic heterocycles. The van der Waals surface area contributed by atoms with E-state index in [-0.39, 0.29) is 6.03 Å². The molecule has 33 heavy (non-hydrogen) atoms. The van der Waals surface area contributed by atoms with Gasteiger partial charge >= 0.3 is 6.03 Å². The van der Waals surface area contributed by atoms with Gasteiger partial charge in [-0.3, -0.25) is 0 Å². The number of nitrogens with zero attached hydrogens (tertiary/aromatic N) is 3. The SMILES string of the molecule is CCn1c(CNC(=O)N2CC=C(c3c(OC)cc(OC)cc3OC)CC2)nc2ccccc21. The molecule has 0 saturated carbocycles. The Morgan fingerprint density at radius 2 is 1.82 bits per heavy atom. The first-order valence-electron chi connectivity index (χ1n) is 11.1. The molecule has 0 radical (unpaired) electrons. The van der Waals surface area contributed by atoms with E-state index in [1.54, 1.807) is 26.2 Å². The monoisotopic (exact) mass is 450 g/mol. The first-order chi connectivity index (χ1) is 16.1. The Balaban J connectivity index is 1.46. The molecule has 0 fully saturated rings. The maximum atomic E-state index is 12.8. The first-order valence-corrected chi connectivity index (χ1v) is 11.1. The van der Waals surface area contributed by atoms with Crippen LogP contribution in [0.1, 0.15) is 24.7 Å². The van der Waals surface area contributed by atoms with E-state index in [9.17, 15) is 4.79 Å². The third-order valence-electron chi connectivity index (χ3n) is 5.98. The van der Waals surface area contributed by atoms with Gasteiger partial charge in [0.15, 0.2) is 0 Å². The predicted molar refractivity (Wildman–Crippen MR) is 128 cm³/mol. The van der Waals surface area contributed by atoms with E-state index in [0.29, 0.717) is 43.3 Å². The highest BCUT2D eigenvalue weighted by atomic mass is 16.5. The lowest BCUT2D eigenvalue weighted by Gasteiger charge is -2.28. The highest BCUT2D eigenvalue weighted by Crippen LogP contribution is 2.40. The van der Waals surface area contributed by atoms with Gasteiger partial charge in [0.1, 0.15) is 23.1 Å². The maximum Gasteiger partial charge on any atom is 0.318 e. The molecule has 2 aromatic carbocycles. The quantitative estimate of drug-likeness (QED) is 0.587. The van der Waals surface area contributed by atoms with Crippen molar-refractivity contribution < 1.29 is 19.0 Å². The molecule has 0 bridgehead atoms. The normalized spacial score (nSPS) is 13.6. The Labute approximate surface area is 193 Å². The lowest BCUT2D eigenvalue weighted by Crippen LogP contribution is -2.42. The Morgan fingerprint density at radius 1 is 1.09 bits per heavy atom. The maximum absolute atomic E-state index is 12.8. The second-order valence-electron chi connectivity index (χ2n) is 7.75. The van der Waals surface area contributed by atoms with Crippen molar-refractivity contribution in [3.05, 3.63) is 53.9 Å². The van der Waals surface area contributed by atoms with E-state index in [1.165, 1.54) is 0 Å². The predicted octanol–water partition coefficient (Wildman–Crippen LogP) is 4.08. The van der Waals surface area contributed by atoms with Gasteiger partial charge in [0.25, 0.3) is 0 Å². The molecule has 4 rings (SSSR count). The number of carbonyl (C=O) groups excluding carboxylic acids is 1. The summed E-state index contributed by atoms with van der Waals surface area (Å²) in [6.45, 7) is 4.36. The van der Waals surface area contributed by atoms with Crippen LogP contribution in [0.3, 0.4) is 0 Å². The van der Waals surface area contributed by atoms with Crippen LogP contribution in [-0.2, 0) is 13.1 Å². The zero-order valence-electron chi connectivity index (χ0n) is 19.6. The molecule has 0 unspecified atom stereocenters. The molecule has 0 spiro atoms. The number of hydrogen-bond acceptors (Lipinski definition) is 5. The van der Waals surface area contributed by atoms with E-state index in [0.717, 1.165) is 34.5 Å². The Kier molecular flexibility index (Phi) is 6.72. The summed E-state index contributed by atoms with van der Waals surface area (Å²) in [6.07, 6.45) is 2.75. The average molecular weight is 451 g/mol. The number of hydrogen-bond donors (Lipinski definition) is 1. The molecular formula is C25H30N4O4. The molecule has 2 heterocycles. The number of fused-ring (bicyclic) bond motifs is 1. The van der Waals surface area contributed by atoms with Crippen LogP contribution < -0.4 is 19.5 Å². The minimum atomic E-state index is -0.103. The molecule has 2 amide bonds. The van der Waals surface area contributed by atoms with Crippen LogP contribution in [0.5, 0.6) is 17.2 Å². The topological polar surface area (TPSA) is 77.9 Å². The smallest absolute Gasteiger partial charge is 0.318 e. The molecule has 3 aromatic rings. The summed E-state index contributed by atoms with van der Waals surface area (Å²) in [6, 6.07) is 11.6. The lowest BCUT2D eigenvalue weighted by atomic mass is 9.97. The highest BCUT2D eigenvalue weighted by molar-refractivity contribution is 5.80. The minimum Gasteiger partial charge on any atom is -0.496 e. The van der Waals surface area contributed by atoms with Gasteiger partial charge in [-0.05, 0) is 31.1 Å². The number of aromatic nitrogens is 2. The summed E-state index contributed by atoms with van der Waals surface area (Å²) in [7, 11) is 4.87. The number of nitrogens with one attached hydrogen (secondary N) is 1. The number of aryl methyl sites for hydroxylation is 1. The van der Waals surface area contributed by atoms with Gasteiger partial charge < -0.3 is 29.0 Å². The Bertz CT molecular complexity index is 1160. The summed E-state index contributed by atoms with van der Waals surface area (Å²) < 4.78 is 18.7. The van der Waals surface area contributed by atoms with Gasteiger partial charge in [-0.2, -0.15) is 0 Å². The van der Waals surface area contributed by atoms with Crippen molar-refractivity contribution in [2.75, 3.05) is 34.4 Å². The molecule has 1 aliphatic heterocycles. The van der Waals surface area contributed by atoms with Crippen molar-refractivity contribution in [2.45, 2.75) is 26.4 Å². The highest BCUT2D eigenvalue weighted by Gasteiger charge is 2.23. The molecule has 174 valence electrons. The summed E-state index contributed by atoms with van der Waals surface area (Å²) >= 11 is 0. The largest absolute Gasteiger partial charge is 0.496 e. The summed E-state index contributed by atoms with van der Waals surface area (Å²) in [5.74, 6) is 2.90. The van der Waals surface area contributed by atoms with Crippen molar-refractivity contribution in [3.63, 3.8) is 0 Å². The number of imidazole rings is 1. The first kappa shape index (κ1) is 22.5. The summed E-state index contributed by atoms with van der Waals surface area (Å²) in [5.41, 5.74) is 4.01. The van der Waals surface area contributed by atoms with Gasteiger partial charge in [-0.1, -0.05) is 18.2 Å². The van der Waals surface area contributed by atoms with Crippen molar-refractivity contribution in [3.8, 4) is 17.2 Å². The zero-order chi connectivity index (χ0) is 23.4. The number of benzene rings is 2. The number of ether oxygens (including phenoxy) is 3. The number of urea groups is 1. The summed E-state index contributed by atoms with van der Waals surface area (Å²) in [5, 5.41) is 3.03. The van der Waals surface area contributed by atoms with Crippen molar-refractivity contribution >= 4 is 22.6 Å². The van der Waals surface area contributed by atoms with Crippen LogP contribution in [0, 0.1) is 0 Å². The molecule has 1 aliphatic rings. The van der Waals surface area contributed by atoms with Crippen LogP contribution in [0.2, 0.25) is 0 Å². The molecule has 0 aliphatic carbocycles. The molecule has 1 N–H and O–H groups in total. The van der Waals surface area contributed by atoms with Gasteiger partial charge in [0.05, 0.1) is 44.5 Å². The number of amides is 2. The van der Waals surface area contributed by atoms with E-state index >= 15 is 0 Å².